The molecule has 2 aromatic rings. The number of benzene rings is 2. The van der Waals surface area contributed by atoms with Gasteiger partial charge in [0, 0.05) is 20.1 Å². The number of hydrogen-bond acceptors (Lipinski definition) is 4. The maximum absolute atomic E-state index is 13.1. The first-order valence-electron chi connectivity index (χ1n) is 9.10. The molecule has 0 spiro atoms. The number of ether oxygens (including phenoxy) is 2. The van der Waals surface area contributed by atoms with Gasteiger partial charge in [0.2, 0.25) is 12.7 Å². The lowest BCUT2D eigenvalue weighted by Crippen LogP contribution is -2.50. The van der Waals surface area contributed by atoms with Crippen LogP contribution in [0.4, 0.5) is 0 Å². The predicted octanol–water partition coefficient (Wildman–Crippen LogP) is 2.82. The van der Waals surface area contributed by atoms with Crippen molar-refractivity contribution in [2.24, 2.45) is 0 Å². The lowest BCUT2D eigenvalue weighted by atomic mass is 9.93. The van der Waals surface area contributed by atoms with Crippen LogP contribution in [-0.2, 0) is 24.3 Å². The Morgan fingerprint density at radius 2 is 1.92 bits per heavy atom. The van der Waals surface area contributed by atoms with Crippen LogP contribution in [0.5, 0.6) is 11.5 Å². The summed E-state index contributed by atoms with van der Waals surface area (Å²) in [6.07, 6.45) is 0.772. The van der Waals surface area contributed by atoms with E-state index in [1.54, 1.807) is 0 Å². The van der Waals surface area contributed by atoms with E-state index in [1.165, 1.54) is 11.1 Å². The standard InChI is InChI=1S/C21H24N2O3/c1-3-23-13-17-7-5-4-6-16(17)11-18(23)21(24)22(2)12-15-8-9-19-20(10-15)26-14-25-19/h4-10,18H,3,11-14H2,1-2H3/t18-/m1/s1. The minimum absolute atomic E-state index is 0.103. The first kappa shape index (κ1) is 16.9. The fourth-order valence-electron chi connectivity index (χ4n) is 3.80. The summed E-state index contributed by atoms with van der Waals surface area (Å²) in [6.45, 7) is 4.64. The summed E-state index contributed by atoms with van der Waals surface area (Å²) in [7, 11) is 1.88. The van der Waals surface area contributed by atoms with Crippen molar-refractivity contribution in [3.05, 3.63) is 59.2 Å². The number of amides is 1. The molecule has 4 rings (SSSR count). The van der Waals surface area contributed by atoms with E-state index in [2.05, 4.69) is 36.1 Å². The van der Waals surface area contributed by atoms with Gasteiger partial charge < -0.3 is 14.4 Å². The Hall–Kier alpha value is -2.53. The van der Waals surface area contributed by atoms with E-state index in [1.807, 2.05) is 30.1 Å². The SMILES string of the molecule is CCN1Cc2ccccc2C[C@@H]1C(=O)N(C)Cc1ccc2c(c1)OCO2. The van der Waals surface area contributed by atoms with Gasteiger partial charge in [-0.2, -0.15) is 0 Å². The number of fused-ring (bicyclic) bond motifs is 2. The maximum atomic E-state index is 13.1. The van der Waals surface area contributed by atoms with Crippen molar-refractivity contribution in [3.63, 3.8) is 0 Å². The zero-order chi connectivity index (χ0) is 18.1. The Balaban J connectivity index is 1.49. The highest BCUT2D eigenvalue weighted by Crippen LogP contribution is 2.33. The van der Waals surface area contributed by atoms with Gasteiger partial charge in [0.1, 0.15) is 0 Å². The van der Waals surface area contributed by atoms with E-state index in [4.69, 9.17) is 9.47 Å². The fourth-order valence-corrected chi connectivity index (χ4v) is 3.80. The minimum atomic E-state index is -0.103. The van der Waals surface area contributed by atoms with Crippen molar-refractivity contribution < 1.29 is 14.3 Å². The molecule has 0 saturated carbocycles. The number of likely N-dealkylation sites (N-methyl/N-ethyl adjacent to an activating group) is 2. The molecule has 0 aliphatic carbocycles. The largest absolute Gasteiger partial charge is 0.454 e. The van der Waals surface area contributed by atoms with Gasteiger partial charge in [-0.3, -0.25) is 9.69 Å². The summed E-state index contributed by atoms with van der Waals surface area (Å²) in [4.78, 5) is 17.2. The van der Waals surface area contributed by atoms with Gasteiger partial charge in [0.05, 0.1) is 6.04 Å². The van der Waals surface area contributed by atoms with E-state index < -0.39 is 0 Å². The maximum Gasteiger partial charge on any atom is 0.240 e. The van der Waals surface area contributed by atoms with Gasteiger partial charge in [0.25, 0.3) is 0 Å². The summed E-state index contributed by atoms with van der Waals surface area (Å²) < 4.78 is 10.8. The highest BCUT2D eigenvalue weighted by molar-refractivity contribution is 5.82. The highest BCUT2D eigenvalue weighted by Gasteiger charge is 2.32. The van der Waals surface area contributed by atoms with E-state index in [0.717, 1.165) is 36.6 Å². The van der Waals surface area contributed by atoms with Crippen molar-refractivity contribution >= 4 is 5.91 Å². The molecule has 0 aromatic heterocycles. The molecular formula is C21H24N2O3. The molecule has 0 fully saturated rings. The Morgan fingerprint density at radius 1 is 1.15 bits per heavy atom. The molecule has 2 aliphatic heterocycles. The summed E-state index contributed by atoms with van der Waals surface area (Å²) in [6, 6.07) is 14.2. The van der Waals surface area contributed by atoms with Gasteiger partial charge in [-0.15, -0.1) is 0 Å². The number of rotatable bonds is 4. The van der Waals surface area contributed by atoms with E-state index in [0.29, 0.717) is 6.54 Å². The second-order valence-corrected chi connectivity index (χ2v) is 6.93. The summed E-state index contributed by atoms with van der Waals surface area (Å²) in [5.41, 5.74) is 3.66. The minimum Gasteiger partial charge on any atom is -0.454 e. The predicted molar refractivity (Wildman–Crippen MR) is 99.1 cm³/mol. The monoisotopic (exact) mass is 352 g/mol. The van der Waals surface area contributed by atoms with Crippen LogP contribution in [0.1, 0.15) is 23.6 Å². The molecule has 0 radical (unpaired) electrons. The van der Waals surface area contributed by atoms with Crippen LogP contribution in [-0.4, -0.2) is 42.1 Å². The lowest BCUT2D eigenvalue weighted by Gasteiger charge is -2.37. The van der Waals surface area contributed by atoms with E-state index in [9.17, 15) is 4.79 Å². The Morgan fingerprint density at radius 3 is 2.73 bits per heavy atom. The Labute approximate surface area is 154 Å². The molecule has 5 heteroatoms. The molecule has 2 aromatic carbocycles. The third-order valence-electron chi connectivity index (χ3n) is 5.27. The number of carbonyl (C=O) groups is 1. The zero-order valence-electron chi connectivity index (χ0n) is 15.3. The molecule has 26 heavy (non-hydrogen) atoms. The lowest BCUT2D eigenvalue weighted by molar-refractivity contribution is -0.136. The molecule has 5 nitrogen and oxygen atoms in total. The average Bonchev–Trinajstić information content (AvgIpc) is 3.14. The fraction of sp³-hybridized carbons (Fsp3) is 0.381. The van der Waals surface area contributed by atoms with Gasteiger partial charge in [-0.05, 0) is 41.8 Å². The molecule has 2 aliphatic rings. The van der Waals surface area contributed by atoms with Crippen LogP contribution in [0.25, 0.3) is 0 Å². The smallest absolute Gasteiger partial charge is 0.240 e. The molecular weight excluding hydrogens is 328 g/mol. The van der Waals surface area contributed by atoms with Crippen LogP contribution >= 0.6 is 0 Å². The molecule has 0 N–H and O–H groups in total. The van der Waals surface area contributed by atoms with Gasteiger partial charge in [-0.25, -0.2) is 0 Å². The second-order valence-electron chi connectivity index (χ2n) is 6.93. The summed E-state index contributed by atoms with van der Waals surface area (Å²) in [5, 5.41) is 0. The summed E-state index contributed by atoms with van der Waals surface area (Å²) in [5.74, 6) is 1.69. The number of carbonyl (C=O) groups excluding carboxylic acids is 1. The third kappa shape index (κ3) is 3.15. The second kappa shape index (κ2) is 7.00. The third-order valence-corrected chi connectivity index (χ3v) is 5.27. The quantitative estimate of drug-likeness (QED) is 0.849. The van der Waals surface area contributed by atoms with E-state index >= 15 is 0 Å². The topological polar surface area (TPSA) is 42.0 Å². The molecule has 0 unspecified atom stereocenters. The van der Waals surface area contributed by atoms with E-state index in [-0.39, 0.29) is 18.7 Å². The van der Waals surface area contributed by atoms with Crippen LogP contribution in [0.3, 0.4) is 0 Å². The van der Waals surface area contributed by atoms with Crippen molar-refractivity contribution in [2.75, 3.05) is 20.4 Å². The molecule has 0 bridgehead atoms. The van der Waals surface area contributed by atoms with Crippen LogP contribution in [0, 0.1) is 0 Å². The highest BCUT2D eigenvalue weighted by atomic mass is 16.7. The molecule has 2 heterocycles. The van der Waals surface area contributed by atoms with Crippen LogP contribution < -0.4 is 9.47 Å². The van der Waals surface area contributed by atoms with Crippen LogP contribution in [0.2, 0.25) is 0 Å². The van der Waals surface area contributed by atoms with Crippen molar-refractivity contribution in [2.45, 2.75) is 32.5 Å². The number of hydrogen-bond donors (Lipinski definition) is 0. The van der Waals surface area contributed by atoms with Crippen molar-refractivity contribution in [3.8, 4) is 11.5 Å². The molecule has 1 atom stereocenters. The van der Waals surface area contributed by atoms with Gasteiger partial charge >= 0.3 is 0 Å². The number of nitrogens with zero attached hydrogens (tertiary/aromatic N) is 2. The van der Waals surface area contributed by atoms with Gasteiger partial charge in [-0.1, -0.05) is 37.3 Å². The molecule has 136 valence electrons. The van der Waals surface area contributed by atoms with Crippen LogP contribution in [0.15, 0.2) is 42.5 Å². The summed E-state index contributed by atoms with van der Waals surface area (Å²) >= 11 is 0. The Kier molecular flexibility index (Phi) is 4.55. The van der Waals surface area contributed by atoms with Crippen molar-refractivity contribution in [1.82, 2.24) is 9.80 Å². The van der Waals surface area contributed by atoms with Gasteiger partial charge in [0.15, 0.2) is 11.5 Å². The van der Waals surface area contributed by atoms with Crippen molar-refractivity contribution in [1.29, 1.82) is 0 Å². The zero-order valence-corrected chi connectivity index (χ0v) is 15.3. The molecule has 0 saturated heterocycles. The molecule has 1 amide bonds. The first-order valence-corrected chi connectivity index (χ1v) is 9.10. The average molecular weight is 352 g/mol. The normalized spacial score (nSPS) is 18.5. The first-order chi connectivity index (χ1) is 12.7. The Bertz CT molecular complexity index is 821.